The van der Waals surface area contributed by atoms with Gasteiger partial charge in [-0.3, -0.25) is 4.55 Å². The van der Waals surface area contributed by atoms with Gasteiger partial charge in [0.05, 0.1) is 13.2 Å². The van der Waals surface area contributed by atoms with Gasteiger partial charge in [-0.05, 0) is 0 Å². The summed E-state index contributed by atoms with van der Waals surface area (Å²) in [6.07, 6.45) is 0. The quantitative estimate of drug-likeness (QED) is 0.255. The largest absolute Gasteiger partial charge is 1.00 e. The maximum atomic E-state index is 9.29. The molecular weight excluding hydrogens is 203 g/mol. The average molecular weight is 212 g/mol. The summed E-state index contributed by atoms with van der Waals surface area (Å²) in [6, 6.07) is 0. The molecule has 0 amide bonds. The average Bonchev–Trinajstić information content (AvgIpc) is 1.87. The van der Waals surface area contributed by atoms with Crippen LogP contribution in [0.4, 0.5) is 4.79 Å². The predicted octanol–water partition coefficient (Wildman–Crippen LogP) is -4.36. The van der Waals surface area contributed by atoms with Crippen molar-refractivity contribution in [3.63, 3.8) is 0 Å². The standard InChI is InChI=1S/C2H6O2.CH2O5S.Na.H/c3-1-2-4;2-1(3)7(4,5)6;;/h3-4H,1-2H2;(H,2,3)(H,4,5,6);;/q;;+1;-1. The van der Waals surface area contributed by atoms with Crippen LogP contribution in [0, 0.1) is 0 Å². The van der Waals surface area contributed by atoms with Gasteiger partial charge >= 0.3 is 45.0 Å². The second kappa shape index (κ2) is 9.39. The molecule has 0 aliphatic heterocycles. The van der Waals surface area contributed by atoms with E-state index in [1.165, 1.54) is 0 Å². The zero-order chi connectivity index (χ0) is 9.49. The summed E-state index contributed by atoms with van der Waals surface area (Å²) in [6.45, 7) is -0.250. The summed E-state index contributed by atoms with van der Waals surface area (Å²) in [5, 5.41) is 20.4. The first kappa shape index (κ1) is 18.2. The summed E-state index contributed by atoms with van der Waals surface area (Å²) in [7, 11) is -4.82. The molecular formula is C3H9NaO7S. The molecule has 0 fully saturated rings. The minimum Gasteiger partial charge on any atom is -1.00 e. The van der Waals surface area contributed by atoms with Crippen LogP contribution < -0.4 is 29.6 Å². The van der Waals surface area contributed by atoms with E-state index in [0.29, 0.717) is 0 Å². The number of hydrogen-bond acceptors (Lipinski definition) is 5. The Labute approximate surface area is 92.5 Å². The number of rotatable bonds is 1. The molecule has 0 atom stereocenters. The van der Waals surface area contributed by atoms with E-state index in [-0.39, 0.29) is 44.2 Å². The molecule has 0 bridgehead atoms. The maximum absolute atomic E-state index is 9.29. The van der Waals surface area contributed by atoms with Gasteiger partial charge in [0.25, 0.3) is 0 Å². The Kier molecular flexibility index (Phi) is 14.2. The van der Waals surface area contributed by atoms with Crippen LogP contribution in [0.2, 0.25) is 0 Å². The van der Waals surface area contributed by atoms with Crippen LogP contribution in [0.25, 0.3) is 0 Å². The van der Waals surface area contributed by atoms with Crippen LogP contribution in [-0.4, -0.2) is 46.8 Å². The van der Waals surface area contributed by atoms with Crippen LogP contribution in [-0.2, 0) is 10.1 Å². The number of aliphatic hydroxyl groups is 2. The molecule has 0 rings (SSSR count). The van der Waals surface area contributed by atoms with Gasteiger partial charge in [-0.15, -0.1) is 0 Å². The van der Waals surface area contributed by atoms with E-state index >= 15 is 0 Å². The molecule has 0 heterocycles. The summed E-state index contributed by atoms with van der Waals surface area (Å²) in [5.74, 6) is 0. The van der Waals surface area contributed by atoms with Crippen LogP contribution >= 0.6 is 0 Å². The third-order valence-corrected chi connectivity index (χ3v) is 0.762. The van der Waals surface area contributed by atoms with E-state index < -0.39 is 15.4 Å². The van der Waals surface area contributed by atoms with Gasteiger partial charge in [0.15, 0.2) is 0 Å². The molecule has 0 aliphatic carbocycles. The molecule has 0 spiro atoms. The molecule has 0 saturated heterocycles. The van der Waals surface area contributed by atoms with Gasteiger partial charge in [-0.2, -0.15) is 8.42 Å². The van der Waals surface area contributed by atoms with Gasteiger partial charge in [-0.25, -0.2) is 4.79 Å². The molecule has 4 N–H and O–H groups in total. The maximum Gasteiger partial charge on any atom is 1.00 e. The monoisotopic (exact) mass is 212 g/mol. The molecule has 0 aromatic rings. The first-order valence-corrected chi connectivity index (χ1v) is 3.72. The van der Waals surface area contributed by atoms with Crippen molar-refractivity contribution in [1.82, 2.24) is 0 Å². The SMILES string of the molecule is O=C(O)S(=O)(=O)O.OCCO.[H-].[Na+]. The zero-order valence-corrected chi connectivity index (χ0v) is 9.15. The molecule has 0 radical (unpaired) electrons. The van der Waals surface area contributed by atoms with Crippen molar-refractivity contribution in [2.24, 2.45) is 0 Å². The van der Waals surface area contributed by atoms with Crippen molar-refractivity contribution in [3.05, 3.63) is 0 Å². The Bertz CT molecular complexity index is 200. The Morgan fingerprint density at radius 2 is 1.42 bits per heavy atom. The Hall–Kier alpha value is 0.300. The predicted molar refractivity (Wildman–Crippen MR) is 34.9 cm³/mol. The van der Waals surface area contributed by atoms with Crippen LogP contribution in [0.1, 0.15) is 1.43 Å². The third-order valence-electron chi connectivity index (χ3n) is 0.321. The van der Waals surface area contributed by atoms with Crippen LogP contribution in [0.5, 0.6) is 0 Å². The van der Waals surface area contributed by atoms with E-state index in [4.69, 9.17) is 19.9 Å². The molecule has 70 valence electrons. The minimum atomic E-state index is -4.82. The normalized spacial score (nSPS) is 8.92. The first-order chi connectivity index (χ1) is 4.86. The Morgan fingerprint density at radius 3 is 1.42 bits per heavy atom. The van der Waals surface area contributed by atoms with Crippen molar-refractivity contribution in [2.75, 3.05) is 13.2 Å². The number of hydrogen-bond donors (Lipinski definition) is 4. The molecule has 0 aromatic heterocycles. The zero-order valence-electron chi connectivity index (χ0n) is 7.34. The van der Waals surface area contributed by atoms with Crippen molar-refractivity contribution < 1.29 is 64.1 Å². The Morgan fingerprint density at radius 1 is 1.25 bits per heavy atom. The second-order valence-corrected chi connectivity index (χ2v) is 2.49. The van der Waals surface area contributed by atoms with Gasteiger partial charge in [0.1, 0.15) is 0 Å². The molecule has 9 heteroatoms. The van der Waals surface area contributed by atoms with E-state index in [9.17, 15) is 13.2 Å². The van der Waals surface area contributed by atoms with E-state index in [1.54, 1.807) is 0 Å². The molecule has 0 saturated carbocycles. The number of carboxylic acid groups (broad SMARTS) is 1. The molecule has 0 unspecified atom stereocenters. The number of carbonyl (C=O) groups is 1. The van der Waals surface area contributed by atoms with Crippen LogP contribution in [0.15, 0.2) is 0 Å². The summed E-state index contributed by atoms with van der Waals surface area (Å²) in [4.78, 5) is 9.18. The number of aliphatic hydroxyl groups excluding tert-OH is 2. The molecule has 0 aliphatic rings. The fourth-order valence-corrected chi connectivity index (χ4v) is 0. The van der Waals surface area contributed by atoms with E-state index in [0.717, 1.165) is 0 Å². The van der Waals surface area contributed by atoms with Crippen molar-refractivity contribution >= 4 is 15.4 Å². The second-order valence-electron chi connectivity index (χ2n) is 1.19. The summed E-state index contributed by atoms with van der Waals surface area (Å²) in [5.41, 5.74) is 0. The van der Waals surface area contributed by atoms with Gasteiger partial charge in [0, 0.05) is 0 Å². The van der Waals surface area contributed by atoms with Gasteiger partial charge < -0.3 is 16.7 Å². The van der Waals surface area contributed by atoms with E-state index in [1.807, 2.05) is 0 Å². The van der Waals surface area contributed by atoms with Gasteiger partial charge in [-0.1, -0.05) is 0 Å². The molecule has 7 nitrogen and oxygen atoms in total. The van der Waals surface area contributed by atoms with Crippen molar-refractivity contribution in [2.45, 2.75) is 0 Å². The first-order valence-electron chi connectivity index (χ1n) is 2.28. The fraction of sp³-hybridized carbons (Fsp3) is 0.667. The molecule has 12 heavy (non-hydrogen) atoms. The summed E-state index contributed by atoms with van der Waals surface area (Å²) >= 11 is 0. The smallest absolute Gasteiger partial charge is 1.00 e. The summed E-state index contributed by atoms with van der Waals surface area (Å²) < 4.78 is 26.0. The third kappa shape index (κ3) is 16.7. The molecule has 0 aromatic carbocycles. The topological polar surface area (TPSA) is 132 Å². The minimum absolute atomic E-state index is 0. The van der Waals surface area contributed by atoms with Crippen LogP contribution in [0.3, 0.4) is 0 Å². The van der Waals surface area contributed by atoms with E-state index in [2.05, 4.69) is 0 Å². The Balaban J connectivity index is -0.0000000600. The fourth-order valence-electron chi connectivity index (χ4n) is 0. The van der Waals surface area contributed by atoms with Crippen molar-refractivity contribution in [1.29, 1.82) is 0 Å². The van der Waals surface area contributed by atoms with Gasteiger partial charge in [0.2, 0.25) is 0 Å². The van der Waals surface area contributed by atoms with Crippen molar-refractivity contribution in [3.8, 4) is 0 Å².